The molecular weight excluding hydrogens is 342 g/mol. The van der Waals surface area contributed by atoms with Crippen molar-refractivity contribution in [3.05, 3.63) is 29.6 Å². The summed E-state index contributed by atoms with van der Waals surface area (Å²) in [7, 11) is 0. The second-order valence-corrected chi connectivity index (χ2v) is 9.02. The maximum atomic E-state index is 5.50. The Morgan fingerprint density at radius 2 is 2.04 bits per heavy atom. The van der Waals surface area contributed by atoms with Gasteiger partial charge in [0.05, 0.1) is 12.3 Å². The molecule has 0 saturated heterocycles. The minimum atomic E-state index is 0.222. The molecule has 26 heavy (non-hydrogen) atoms. The van der Waals surface area contributed by atoms with Crippen LogP contribution in [0.5, 0.6) is 5.75 Å². The van der Waals surface area contributed by atoms with E-state index < -0.39 is 0 Å². The number of anilines is 1. The Kier molecular flexibility index (Phi) is 4.30. The Bertz CT molecular complexity index is 824. The number of nitrogens with one attached hydrogen (secondary N) is 1. The number of ether oxygens (including phenoxy) is 1. The van der Waals surface area contributed by atoms with Crippen LogP contribution in [0.25, 0.3) is 11.3 Å². The fraction of sp³-hybridized carbons (Fsp3) is 0.524. The van der Waals surface area contributed by atoms with Crippen LogP contribution in [0.2, 0.25) is 0 Å². The summed E-state index contributed by atoms with van der Waals surface area (Å²) in [5.74, 6) is 1.66. The third-order valence-corrected chi connectivity index (χ3v) is 7.51. The van der Waals surface area contributed by atoms with Gasteiger partial charge in [0.1, 0.15) is 5.75 Å². The van der Waals surface area contributed by atoms with Crippen LogP contribution in [0.1, 0.15) is 47.0 Å². The van der Waals surface area contributed by atoms with Gasteiger partial charge in [-0.05, 0) is 61.8 Å². The molecule has 0 unspecified atom stereocenters. The first-order valence-electron chi connectivity index (χ1n) is 9.46. The van der Waals surface area contributed by atoms with E-state index in [2.05, 4.69) is 43.7 Å². The number of nitrogens with zero attached hydrogens (tertiary/aromatic N) is 2. The molecule has 2 aliphatic carbocycles. The average molecular weight is 370 g/mol. The van der Waals surface area contributed by atoms with Crippen molar-refractivity contribution >= 4 is 22.2 Å². The fourth-order valence-corrected chi connectivity index (χ4v) is 5.22. The molecule has 4 nitrogen and oxygen atoms in total. The van der Waals surface area contributed by atoms with Gasteiger partial charge in [0, 0.05) is 22.1 Å². The van der Waals surface area contributed by atoms with E-state index in [0.717, 1.165) is 34.5 Å². The first-order valence-corrected chi connectivity index (χ1v) is 10.3. The van der Waals surface area contributed by atoms with Gasteiger partial charge >= 0.3 is 0 Å². The average Bonchev–Trinajstić information content (AvgIpc) is 3.23. The summed E-state index contributed by atoms with van der Waals surface area (Å²) < 4.78 is 5.50. The van der Waals surface area contributed by atoms with Crippen molar-refractivity contribution in [2.45, 2.75) is 47.0 Å². The Hall–Kier alpha value is -1.88. The maximum absolute atomic E-state index is 5.50. The zero-order valence-corrected chi connectivity index (χ0v) is 16.8. The van der Waals surface area contributed by atoms with Gasteiger partial charge in [-0.1, -0.05) is 20.8 Å². The zero-order valence-electron chi connectivity index (χ0n) is 16.0. The monoisotopic (exact) mass is 369 g/mol. The summed E-state index contributed by atoms with van der Waals surface area (Å²) in [6.45, 7) is 9.86. The number of aromatic nitrogens is 1. The number of hydrazone groups is 1. The molecule has 2 saturated carbocycles. The van der Waals surface area contributed by atoms with E-state index in [1.807, 2.05) is 19.1 Å². The second kappa shape index (κ2) is 6.38. The van der Waals surface area contributed by atoms with E-state index in [-0.39, 0.29) is 5.41 Å². The molecule has 1 aromatic carbocycles. The summed E-state index contributed by atoms with van der Waals surface area (Å²) in [6.07, 6.45) is 3.70. The molecule has 2 fully saturated rings. The molecule has 2 aliphatic rings. The first kappa shape index (κ1) is 17.5. The van der Waals surface area contributed by atoms with Crippen molar-refractivity contribution < 1.29 is 4.74 Å². The maximum Gasteiger partial charge on any atom is 0.203 e. The molecule has 1 N–H and O–H groups in total. The van der Waals surface area contributed by atoms with E-state index in [1.54, 1.807) is 11.3 Å². The number of hydrogen-bond acceptors (Lipinski definition) is 5. The van der Waals surface area contributed by atoms with Crippen molar-refractivity contribution in [2.24, 2.45) is 21.8 Å². The molecule has 0 aliphatic heterocycles. The largest absolute Gasteiger partial charge is 0.494 e. The van der Waals surface area contributed by atoms with Gasteiger partial charge in [-0.3, -0.25) is 5.43 Å². The third kappa shape index (κ3) is 2.73. The predicted octanol–water partition coefficient (Wildman–Crippen LogP) is 5.82. The van der Waals surface area contributed by atoms with Gasteiger partial charge in [0.2, 0.25) is 5.13 Å². The van der Waals surface area contributed by atoms with Crippen LogP contribution >= 0.6 is 11.3 Å². The fourth-order valence-electron chi connectivity index (χ4n) is 4.56. The molecule has 4 rings (SSSR count). The van der Waals surface area contributed by atoms with Crippen molar-refractivity contribution in [3.8, 4) is 17.0 Å². The molecule has 2 bridgehead atoms. The highest BCUT2D eigenvalue weighted by molar-refractivity contribution is 7.14. The molecule has 5 heteroatoms. The lowest BCUT2D eigenvalue weighted by Gasteiger charge is -2.34. The third-order valence-electron chi connectivity index (χ3n) is 6.76. The van der Waals surface area contributed by atoms with E-state index in [4.69, 9.17) is 14.8 Å². The highest BCUT2D eigenvalue weighted by Crippen LogP contribution is 2.63. The zero-order chi connectivity index (χ0) is 18.4. The SMILES string of the molecule is CCOc1ccc(-c2csc(N/N=C3/C[C@@H]4CC[C@@]3(C)C4(C)C)n2)cc1. The van der Waals surface area contributed by atoms with Gasteiger partial charge in [-0.15, -0.1) is 11.3 Å². The van der Waals surface area contributed by atoms with E-state index >= 15 is 0 Å². The Morgan fingerprint density at radius 1 is 1.27 bits per heavy atom. The van der Waals surface area contributed by atoms with Gasteiger partial charge in [-0.25, -0.2) is 4.98 Å². The molecule has 2 atom stereocenters. The summed E-state index contributed by atoms with van der Waals surface area (Å²) in [6, 6.07) is 8.08. The predicted molar refractivity (Wildman–Crippen MR) is 109 cm³/mol. The minimum absolute atomic E-state index is 0.222. The van der Waals surface area contributed by atoms with E-state index in [0.29, 0.717) is 12.0 Å². The van der Waals surface area contributed by atoms with Crippen LogP contribution < -0.4 is 10.2 Å². The minimum Gasteiger partial charge on any atom is -0.494 e. The second-order valence-electron chi connectivity index (χ2n) is 8.16. The van der Waals surface area contributed by atoms with Crippen molar-refractivity contribution in [1.29, 1.82) is 0 Å². The number of benzene rings is 1. The van der Waals surface area contributed by atoms with Gasteiger partial charge < -0.3 is 4.74 Å². The molecule has 1 heterocycles. The van der Waals surface area contributed by atoms with E-state index in [1.165, 1.54) is 18.6 Å². The highest BCUT2D eigenvalue weighted by Gasteiger charge is 2.59. The Morgan fingerprint density at radius 3 is 2.65 bits per heavy atom. The number of fused-ring (bicyclic) bond motifs is 2. The lowest BCUT2D eigenvalue weighted by molar-refractivity contribution is 0.194. The van der Waals surface area contributed by atoms with E-state index in [9.17, 15) is 0 Å². The smallest absolute Gasteiger partial charge is 0.203 e. The molecule has 2 aromatic rings. The number of hydrogen-bond donors (Lipinski definition) is 1. The van der Waals surface area contributed by atoms with Crippen LogP contribution in [-0.4, -0.2) is 17.3 Å². The summed E-state index contributed by atoms with van der Waals surface area (Å²) >= 11 is 1.60. The van der Waals surface area contributed by atoms with Crippen LogP contribution in [0.4, 0.5) is 5.13 Å². The van der Waals surface area contributed by atoms with Crippen LogP contribution in [-0.2, 0) is 0 Å². The molecule has 0 amide bonds. The molecule has 0 spiro atoms. The van der Waals surface area contributed by atoms with Crippen LogP contribution in [0, 0.1) is 16.7 Å². The van der Waals surface area contributed by atoms with Crippen molar-refractivity contribution in [3.63, 3.8) is 0 Å². The first-order chi connectivity index (χ1) is 12.4. The normalized spacial score (nSPS) is 27.8. The summed E-state index contributed by atoms with van der Waals surface area (Å²) in [4.78, 5) is 4.70. The van der Waals surface area contributed by atoms with Gasteiger partial charge in [-0.2, -0.15) is 5.10 Å². The molecule has 138 valence electrons. The quantitative estimate of drug-likeness (QED) is 0.675. The van der Waals surface area contributed by atoms with Crippen molar-refractivity contribution in [1.82, 2.24) is 4.98 Å². The Labute approximate surface area is 159 Å². The number of thiazole rings is 1. The summed E-state index contributed by atoms with van der Waals surface area (Å²) in [5, 5.41) is 7.71. The molecule has 1 aromatic heterocycles. The lowest BCUT2D eigenvalue weighted by atomic mass is 9.70. The van der Waals surface area contributed by atoms with Crippen LogP contribution in [0.15, 0.2) is 34.7 Å². The Balaban J connectivity index is 1.48. The summed E-state index contributed by atoms with van der Waals surface area (Å²) in [5.41, 5.74) is 7.18. The van der Waals surface area contributed by atoms with Gasteiger partial charge in [0.25, 0.3) is 0 Å². The standard InChI is InChI=1S/C21H27N3OS/c1-5-25-16-8-6-14(7-9-16)17-13-26-19(22-17)24-23-18-12-15-10-11-21(18,4)20(15,2)3/h6-9,13,15H,5,10-12H2,1-4H3,(H,22,24)/b23-18-/t15-,21+/m0/s1. The highest BCUT2D eigenvalue weighted by atomic mass is 32.1. The lowest BCUT2D eigenvalue weighted by Crippen LogP contribution is -2.32. The molecule has 0 radical (unpaired) electrons. The number of rotatable bonds is 5. The topological polar surface area (TPSA) is 46.5 Å². The molecular formula is C21H27N3OS. The van der Waals surface area contributed by atoms with Crippen molar-refractivity contribution in [2.75, 3.05) is 12.0 Å². The van der Waals surface area contributed by atoms with Crippen LogP contribution in [0.3, 0.4) is 0 Å². The van der Waals surface area contributed by atoms with Gasteiger partial charge in [0.15, 0.2) is 0 Å².